The fourth-order valence-corrected chi connectivity index (χ4v) is 4.19. The predicted molar refractivity (Wildman–Crippen MR) is 114 cm³/mol. The molecule has 0 radical (unpaired) electrons. The highest BCUT2D eigenvalue weighted by molar-refractivity contribution is 5.95. The molecule has 0 saturated heterocycles. The van der Waals surface area contributed by atoms with Crippen LogP contribution in [-0.2, 0) is 20.7 Å². The van der Waals surface area contributed by atoms with Crippen molar-refractivity contribution in [1.82, 2.24) is 0 Å². The van der Waals surface area contributed by atoms with E-state index in [9.17, 15) is 19.1 Å². The third-order valence-electron chi connectivity index (χ3n) is 5.72. The second-order valence-electron chi connectivity index (χ2n) is 7.63. The minimum Gasteiger partial charge on any atom is -0.481 e. The van der Waals surface area contributed by atoms with E-state index in [0.717, 1.165) is 22.3 Å². The number of carboxylic acids is 1. The zero-order valence-electron chi connectivity index (χ0n) is 16.7. The molecule has 0 saturated carbocycles. The largest absolute Gasteiger partial charge is 0.481 e. The number of benzene rings is 3. The van der Waals surface area contributed by atoms with Crippen LogP contribution in [0.2, 0.25) is 0 Å². The molecular weight excluding hydrogens is 397 g/mol. The Morgan fingerprint density at radius 3 is 2.06 bits per heavy atom. The molecule has 0 fully saturated rings. The van der Waals surface area contributed by atoms with Crippen LogP contribution >= 0.6 is 0 Å². The van der Waals surface area contributed by atoms with Crippen molar-refractivity contribution in [3.05, 3.63) is 95.3 Å². The van der Waals surface area contributed by atoms with Crippen LogP contribution in [0.3, 0.4) is 0 Å². The van der Waals surface area contributed by atoms with E-state index < -0.39 is 29.7 Å². The highest BCUT2D eigenvalue weighted by atomic mass is 19.1. The number of carbonyl (C=O) groups is 2. The first-order valence-electron chi connectivity index (χ1n) is 10.0. The monoisotopic (exact) mass is 419 g/mol. The van der Waals surface area contributed by atoms with Gasteiger partial charge < -0.3 is 15.6 Å². The molecule has 5 nitrogen and oxygen atoms in total. The Balaban J connectivity index is 1.50. The summed E-state index contributed by atoms with van der Waals surface area (Å²) in [7, 11) is 0. The van der Waals surface area contributed by atoms with Crippen molar-refractivity contribution >= 4 is 11.9 Å². The Labute approximate surface area is 179 Å². The van der Waals surface area contributed by atoms with E-state index in [1.54, 1.807) is 6.07 Å². The number of esters is 1. The van der Waals surface area contributed by atoms with Crippen LogP contribution in [0.25, 0.3) is 11.1 Å². The van der Waals surface area contributed by atoms with Gasteiger partial charge in [-0.15, -0.1) is 0 Å². The third kappa shape index (κ3) is 4.07. The fraction of sp³-hybridized carbons (Fsp3) is 0.200. The standard InChI is InChI=1S/C25H22FNO4/c26-21-12-6-1-7-15(21)13-22(27)23(24(28)29)25(30)31-14-20-18-10-4-2-8-16(18)17-9-3-5-11-19(17)20/h1-12,20,22-23H,13-14,27H2,(H,28,29)/t22-,23+/m0/s1. The van der Waals surface area contributed by atoms with Crippen LogP contribution in [0.5, 0.6) is 0 Å². The Hall–Kier alpha value is -3.51. The number of aliphatic carboxylic acids is 1. The maximum Gasteiger partial charge on any atom is 0.321 e. The van der Waals surface area contributed by atoms with E-state index in [4.69, 9.17) is 10.5 Å². The second-order valence-corrected chi connectivity index (χ2v) is 7.63. The lowest BCUT2D eigenvalue weighted by atomic mass is 9.93. The molecule has 3 aromatic rings. The van der Waals surface area contributed by atoms with Gasteiger partial charge in [0.25, 0.3) is 0 Å². The Kier molecular flexibility index (Phi) is 5.82. The molecule has 31 heavy (non-hydrogen) atoms. The molecule has 3 aromatic carbocycles. The average Bonchev–Trinajstić information content (AvgIpc) is 3.07. The van der Waals surface area contributed by atoms with Crippen LogP contribution in [0, 0.1) is 11.7 Å². The number of hydrogen-bond donors (Lipinski definition) is 2. The zero-order chi connectivity index (χ0) is 22.0. The molecule has 158 valence electrons. The van der Waals surface area contributed by atoms with E-state index in [1.807, 2.05) is 48.5 Å². The van der Waals surface area contributed by atoms with Crippen molar-refractivity contribution in [1.29, 1.82) is 0 Å². The molecule has 0 aromatic heterocycles. The second kappa shape index (κ2) is 8.70. The Bertz CT molecular complexity index is 1080. The number of hydrogen-bond acceptors (Lipinski definition) is 4. The van der Waals surface area contributed by atoms with E-state index in [1.165, 1.54) is 18.2 Å². The van der Waals surface area contributed by atoms with Gasteiger partial charge in [0, 0.05) is 12.0 Å². The maximum absolute atomic E-state index is 13.9. The van der Waals surface area contributed by atoms with Gasteiger partial charge in [-0.3, -0.25) is 9.59 Å². The van der Waals surface area contributed by atoms with Gasteiger partial charge in [0.05, 0.1) is 0 Å². The molecule has 6 heteroatoms. The van der Waals surface area contributed by atoms with Gasteiger partial charge in [0.2, 0.25) is 0 Å². The van der Waals surface area contributed by atoms with E-state index in [0.29, 0.717) is 0 Å². The minimum absolute atomic E-state index is 0.00303. The fourth-order valence-electron chi connectivity index (χ4n) is 4.19. The molecule has 4 rings (SSSR count). The van der Waals surface area contributed by atoms with E-state index >= 15 is 0 Å². The number of nitrogens with two attached hydrogens (primary N) is 1. The topological polar surface area (TPSA) is 89.6 Å². The molecule has 0 amide bonds. The lowest BCUT2D eigenvalue weighted by Crippen LogP contribution is -2.43. The first-order chi connectivity index (χ1) is 15.0. The number of halogens is 1. The van der Waals surface area contributed by atoms with Crippen LogP contribution in [0.15, 0.2) is 72.8 Å². The van der Waals surface area contributed by atoms with Crippen LogP contribution in [-0.4, -0.2) is 29.7 Å². The number of fused-ring (bicyclic) bond motifs is 3. The highest BCUT2D eigenvalue weighted by Gasteiger charge is 2.36. The number of carbonyl (C=O) groups excluding carboxylic acids is 1. The lowest BCUT2D eigenvalue weighted by Gasteiger charge is -2.21. The third-order valence-corrected chi connectivity index (χ3v) is 5.72. The smallest absolute Gasteiger partial charge is 0.321 e. The highest BCUT2D eigenvalue weighted by Crippen LogP contribution is 2.44. The predicted octanol–water partition coefficient (Wildman–Crippen LogP) is 3.75. The van der Waals surface area contributed by atoms with Gasteiger partial charge in [-0.2, -0.15) is 0 Å². The zero-order valence-corrected chi connectivity index (χ0v) is 16.7. The van der Waals surface area contributed by atoms with Gasteiger partial charge in [-0.1, -0.05) is 66.7 Å². The molecule has 0 unspecified atom stereocenters. The van der Waals surface area contributed by atoms with Crippen molar-refractivity contribution in [2.45, 2.75) is 18.4 Å². The summed E-state index contributed by atoms with van der Waals surface area (Å²) in [6.45, 7) is 0.00303. The van der Waals surface area contributed by atoms with Gasteiger partial charge in [0.1, 0.15) is 12.4 Å². The number of rotatable bonds is 7. The molecule has 1 aliphatic carbocycles. The van der Waals surface area contributed by atoms with Crippen LogP contribution < -0.4 is 5.73 Å². The quantitative estimate of drug-likeness (QED) is 0.450. The van der Waals surface area contributed by atoms with Crippen LogP contribution in [0.4, 0.5) is 4.39 Å². The lowest BCUT2D eigenvalue weighted by molar-refractivity contribution is -0.159. The molecule has 2 atom stereocenters. The maximum atomic E-state index is 13.9. The Morgan fingerprint density at radius 2 is 1.48 bits per heavy atom. The molecule has 0 bridgehead atoms. The first-order valence-corrected chi connectivity index (χ1v) is 10.0. The van der Waals surface area contributed by atoms with Gasteiger partial charge in [0.15, 0.2) is 5.92 Å². The molecule has 0 spiro atoms. The molecule has 0 aliphatic heterocycles. The van der Waals surface area contributed by atoms with Gasteiger partial charge >= 0.3 is 11.9 Å². The van der Waals surface area contributed by atoms with Crippen LogP contribution in [0.1, 0.15) is 22.6 Å². The number of carboxylic acid groups (broad SMARTS) is 1. The minimum atomic E-state index is -1.59. The summed E-state index contributed by atoms with van der Waals surface area (Å²) in [6, 6.07) is 20.6. The number of ether oxygens (including phenoxy) is 1. The van der Waals surface area contributed by atoms with Gasteiger partial charge in [-0.25, -0.2) is 4.39 Å². The van der Waals surface area contributed by atoms with Crippen molar-refractivity contribution in [2.75, 3.05) is 6.61 Å². The SMILES string of the molecule is N[C@@H](Cc1ccccc1F)[C@H](C(=O)O)C(=O)OCC1c2ccccc2-c2ccccc21. The summed E-state index contributed by atoms with van der Waals surface area (Å²) < 4.78 is 19.4. The van der Waals surface area contributed by atoms with Crippen molar-refractivity contribution in [3.63, 3.8) is 0 Å². The summed E-state index contributed by atoms with van der Waals surface area (Å²) in [5.41, 5.74) is 10.5. The average molecular weight is 419 g/mol. The summed E-state index contributed by atoms with van der Waals surface area (Å²) in [4.78, 5) is 24.5. The first kappa shape index (κ1) is 20.8. The molecule has 0 heterocycles. The summed E-state index contributed by atoms with van der Waals surface area (Å²) in [5, 5.41) is 9.59. The normalized spacial score (nSPS) is 14.4. The molecule has 1 aliphatic rings. The van der Waals surface area contributed by atoms with E-state index in [-0.39, 0.29) is 24.5 Å². The molecular formula is C25H22FNO4. The summed E-state index contributed by atoms with van der Waals surface area (Å²) >= 11 is 0. The van der Waals surface area contributed by atoms with E-state index in [2.05, 4.69) is 0 Å². The van der Waals surface area contributed by atoms with Crippen molar-refractivity contribution < 1.29 is 23.8 Å². The van der Waals surface area contributed by atoms with Gasteiger partial charge in [-0.05, 0) is 40.3 Å². The molecule has 3 N–H and O–H groups in total. The summed E-state index contributed by atoms with van der Waals surface area (Å²) in [6.07, 6.45) is -0.0894. The van der Waals surface area contributed by atoms with Crippen molar-refractivity contribution in [3.8, 4) is 11.1 Å². The Morgan fingerprint density at radius 1 is 0.935 bits per heavy atom. The summed E-state index contributed by atoms with van der Waals surface area (Å²) in [5.74, 6) is -4.58. The van der Waals surface area contributed by atoms with Crippen molar-refractivity contribution in [2.24, 2.45) is 11.7 Å².